The Morgan fingerprint density at radius 3 is 2.39 bits per heavy atom. The van der Waals surface area contributed by atoms with Crippen LogP contribution in [0.15, 0.2) is 77.4 Å². The van der Waals surface area contributed by atoms with Crippen molar-refractivity contribution in [1.29, 1.82) is 0 Å². The summed E-state index contributed by atoms with van der Waals surface area (Å²) in [7, 11) is 4.07. The summed E-state index contributed by atoms with van der Waals surface area (Å²) >= 11 is 0. The smallest absolute Gasteiger partial charge is 0.289 e. The molecule has 4 aromatic rings. The maximum Gasteiger partial charge on any atom is 0.289 e. The van der Waals surface area contributed by atoms with Crippen molar-refractivity contribution in [2.75, 3.05) is 45.2 Å². The van der Waals surface area contributed by atoms with Gasteiger partial charge in [-0.2, -0.15) is 0 Å². The minimum absolute atomic E-state index is 0.0702. The maximum atomic E-state index is 12.8. The number of carbonyl (C=O) groups is 1. The number of nitrogens with zero attached hydrogens (tertiary/aromatic N) is 7. The molecule has 9 heteroatoms. The number of piperazine rings is 1. The molecule has 0 radical (unpaired) electrons. The van der Waals surface area contributed by atoms with Gasteiger partial charge >= 0.3 is 0 Å². The van der Waals surface area contributed by atoms with Crippen LogP contribution in [0.3, 0.4) is 0 Å². The van der Waals surface area contributed by atoms with Crippen LogP contribution in [0.5, 0.6) is 0 Å². The fraction of sp³-hybridized carbons (Fsp3) is 0.333. The molecule has 0 spiro atoms. The second kappa shape index (κ2) is 10.7. The lowest BCUT2D eigenvalue weighted by Crippen LogP contribution is -2.50. The summed E-state index contributed by atoms with van der Waals surface area (Å²) in [5, 5.41) is 12.9. The molecule has 1 aliphatic heterocycles. The number of hydrogen-bond donors (Lipinski definition) is 0. The van der Waals surface area contributed by atoms with E-state index >= 15 is 0 Å². The first-order valence-corrected chi connectivity index (χ1v) is 12.2. The predicted octanol–water partition coefficient (Wildman–Crippen LogP) is 3.12. The standard InChI is InChI=1S/C27H31N7O2/c1-31(2)23-12-10-22(11-13-23)25(26-28-29-30-34(26)15-14-21-7-4-3-5-8-21)32-16-18-33(19-17-32)27(35)24-9-6-20-36-24/h3-13,20,25H,14-19H2,1-2H3. The highest BCUT2D eigenvalue weighted by Crippen LogP contribution is 2.30. The number of hydrogen-bond acceptors (Lipinski definition) is 7. The first-order chi connectivity index (χ1) is 17.6. The number of carbonyl (C=O) groups excluding carboxylic acids is 1. The first kappa shape index (κ1) is 23.7. The summed E-state index contributed by atoms with van der Waals surface area (Å²) in [4.78, 5) is 19.1. The second-order valence-corrected chi connectivity index (χ2v) is 9.19. The lowest BCUT2D eigenvalue weighted by Gasteiger charge is -2.38. The monoisotopic (exact) mass is 485 g/mol. The van der Waals surface area contributed by atoms with Crippen LogP contribution in [0, 0.1) is 0 Å². The number of furan rings is 1. The molecule has 5 rings (SSSR count). The summed E-state index contributed by atoms with van der Waals surface area (Å²) in [6.07, 6.45) is 2.38. The van der Waals surface area contributed by atoms with Gasteiger partial charge < -0.3 is 14.2 Å². The fourth-order valence-electron chi connectivity index (χ4n) is 4.66. The van der Waals surface area contributed by atoms with Crippen molar-refractivity contribution in [3.05, 3.63) is 95.7 Å². The molecule has 1 atom stereocenters. The van der Waals surface area contributed by atoms with Crippen molar-refractivity contribution in [2.45, 2.75) is 19.0 Å². The third kappa shape index (κ3) is 5.16. The van der Waals surface area contributed by atoms with Crippen LogP contribution < -0.4 is 4.90 Å². The molecule has 0 aliphatic carbocycles. The minimum atomic E-state index is -0.118. The molecule has 1 unspecified atom stereocenters. The molecule has 1 saturated heterocycles. The van der Waals surface area contributed by atoms with E-state index in [0.29, 0.717) is 38.5 Å². The summed E-state index contributed by atoms with van der Waals surface area (Å²) in [6.45, 7) is 3.32. The molecule has 186 valence electrons. The quantitative estimate of drug-likeness (QED) is 0.379. The van der Waals surface area contributed by atoms with Crippen molar-refractivity contribution in [3.63, 3.8) is 0 Å². The topological polar surface area (TPSA) is 83.5 Å². The lowest BCUT2D eigenvalue weighted by atomic mass is 10.0. The Labute approximate surface area is 210 Å². The third-order valence-corrected chi connectivity index (χ3v) is 6.68. The zero-order valence-corrected chi connectivity index (χ0v) is 20.7. The summed E-state index contributed by atoms with van der Waals surface area (Å²) < 4.78 is 7.24. The lowest BCUT2D eigenvalue weighted by molar-refractivity contribution is 0.0559. The molecule has 1 aliphatic rings. The largest absolute Gasteiger partial charge is 0.459 e. The van der Waals surface area contributed by atoms with Crippen molar-refractivity contribution in [1.82, 2.24) is 30.0 Å². The average molecular weight is 486 g/mol. The fourth-order valence-corrected chi connectivity index (χ4v) is 4.66. The predicted molar refractivity (Wildman–Crippen MR) is 137 cm³/mol. The van der Waals surface area contributed by atoms with Gasteiger partial charge in [-0.1, -0.05) is 42.5 Å². The Morgan fingerprint density at radius 2 is 1.72 bits per heavy atom. The van der Waals surface area contributed by atoms with Gasteiger partial charge in [0.05, 0.1) is 12.3 Å². The highest BCUT2D eigenvalue weighted by molar-refractivity contribution is 5.91. The Morgan fingerprint density at radius 1 is 0.972 bits per heavy atom. The van der Waals surface area contributed by atoms with Gasteiger partial charge in [0, 0.05) is 52.5 Å². The molecule has 1 amide bonds. The highest BCUT2D eigenvalue weighted by atomic mass is 16.3. The number of rotatable bonds is 8. The van der Waals surface area contributed by atoms with Crippen LogP contribution in [-0.4, -0.2) is 76.2 Å². The summed E-state index contributed by atoms with van der Waals surface area (Å²) in [5.74, 6) is 1.12. The maximum absolute atomic E-state index is 12.8. The van der Waals surface area contributed by atoms with Gasteiger partial charge in [0.2, 0.25) is 0 Å². The van der Waals surface area contributed by atoms with E-state index in [1.165, 1.54) is 11.8 Å². The number of anilines is 1. The average Bonchev–Trinajstić information content (AvgIpc) is 3.62. The van der Waals surface area contributed by atoms with E-state index in [2.05, 4.69) is 73.9 Å². The van der Waals surface area contributed by atoms with Crippen LogP contribution in [-0.2, 0) is 13.0 Å². The molecular weight excluding hydrogens is 454 g/mol. The minimum Gasteiger partial charge on any atom is -0.459 e. The van der Waals surface area contributed by atoms with Gasteiger partial charge in [-0.05, 0) is 52.2 Å². The van der Waals surface area contributed by atoms with Crippen molar-refractivity contribution in [3.8, 4) is 0 Å². The van der Waals surface area contributed by atoms with Crippen molar-refractivity contribution >= 4 is 11.6 Å². The zero-order chi connectivity index (χ0) is 24.9. The van der Waals surface area contributed by atoms with Crippen LogP contribution >= 0.6 is 0 Å². The van der Waals surface area contributed by atoms with Gasteiger partial charge in [0.15, 0.2) is 11.6 Å². The Bertz CT molecular complexity index is 1250. The zero-order valence-electron chi connectivity index (χ0n) is 20.7. The molecular formula is C27H31N7O2. The Balaban J connectivity index is 1.38. The SMILES string of the molecule is CN(C)c1ccc(C(c2nnnn2CCc2ccccc2)N2CCN(C(=O)c3ccco3)CC2)cc1. The van der Waals surface area contributed by atoms with Gasteiger partial charge in [-0.25, -0.2) is 4.68 Å². The van der Waals surface area contributed by atoms with Crippen LogP contribution in [0.4, 0.5) is 5.69 Å². The molecule has 2 aromatic heterocycles. The van der Waals surface area contributed by atoms with Gasteiger partial charge in [0.25, 0.3) is 5.91 Å². The van der Waals surface area contributed by atoms with E-state index in [-0.39, 0.29) is 11.9 Å². The van der Waals surface area contributed by atoms with E-state index in [1.807, 2.05) is 29.7 Å². The van der Waals surface area contributed by atoms with E-state index in [1.54, 1.807) is 12.1 Å². The molecule has 3 heterocycles. The van der Waals surface area contributed by atoms with E-state index < -0.39 is 0 Å². The van der Waals surface area contributed by atoms with Crippen molar-refractivity contribution in [2.24, 2.45) is 0 Å². The molecule has 0 bridgehead atoms. The number of amides is 1. The second-order valence-electron chi connectivity index (χ2n) is 9.19. The van der Waals surface area contributed by atoms with Gasteiger partial charge in [-0.3, -0.25) is 9.69 Å². The van der Waals surface area contributed by atoms with Crippen LogP contribution in [0.25, 0.3) is 0 Å². The number of aryl methyl sites for hydroxylation is 2. The molecule has 0 saturated carbocycles. The van der Waals surface area contributed by atoms with E-state index in [4.69, 9.17) is 4.42 Å². The number of tetrazole rings is 1. The highest BCUT2D eigenvalue weighted by Gasteiger charge is 2.32. The molecule has 1 fully saturated rings. The third-order valence-electron chi connectivity index (χ3n) is 6.68. The molecule has 2 aromatic carbocycles. The van der Waals surface area contributed by atoms with E-state index in [0.717, 1.165) is 23.5 Å². The van der Waals surface area contributed by atoms with Crippen LogP contribution in [0.1, 0.15) is 33.5 Å². The first-order valence-electron chi connectivity index (χ1n) is 12.2. The molecule has 9 nitrogen and oxygen atoms in total. The summed E-state index contributed by atoms with van der Waals surface area (Å²) in [5.41, 5.74) is 3.51. The van der Waals surface area contributed by atoms with Gasteiger partial charge in [-0.15, -0.1) is 5.10 Å². The van der Waals surface area contributed by atoms with Crippen LogP contribution in [0.2, 0.25) is 0 Å². The molecule has 0 N–H and O–H groups in total. The van der Waals surface area contributed by atoms with Crippen molar-refractivity contribution < 1.29 is 9.21 Å². The van der Waals surface area contributed by atoms with E-state index in [9.17, 15) is 4.79 Å². The normalized spacial score (nSPS) is 15.1. The number of benzene rings is 2. The van der Waals surface area contributed by atoms with Gasteiger partial charge in [0.1, 0.15) is 0 Å². The number of aromatic nitrogens is 4. The summed E-state index contributed by atoms with van der Waals surface area (Å²) in [6, 6.07) is 22.2. The Hall–Kier alpha value is -3.98. The molecule has 36 heavy (non-hydrogen) atoms. The Kier molecular flexibility index (Phi) is 7.08.